The molecule has 0 atom stereocenters. The summed E-state index contributed by atoms with van der Waals surface area (Å²) in [5.74, 6) is -1.14. The Kier molecular flexibility index (Phi) is 3.86. The molecule has 0 aromatic carbocycles. The van der Waals surface area contributed by atoms with E-state index < -0.39 is 5.97 Å². The number of hydrogen-bond acceptors (Lipinski definition) is 6. The maximum absolute atomic E-state index is 9.98. The fourth-order valence-corrected chi connectivity index (χ4v) is 1.32. The van der Waals surface area contributed by atoms with Crippen molar-refractivity contribution in [2.24, 2.45) is 5.16 Å². The number of nitrogen functional groups attached to an aromatic ring is 1. The van der Waals surface area contributed by atoms with Gasteiger partial charge in [-0.2, -0.15) is 0 Å². The fraction of sp³-hybridized carbons (Fsp3) is 0.286. The normalized spacial score (nSPS) is 10.6. The molecule has 3 N–H and O–H groups in total. The Morgan fingerprint density at radius 1 is 1.86 bits per heavy atom. The Bertz CT molecular complexity index is 337. The summed E-state index contributed by atoms with van der Waals surface area (Å²) in [6.07, 6.45) is 1.25. The standard InChI is InChI=1S/C7H9N3O3S/c8-7-10-5(4-14-7)1-2-13-9-3-6(11)12/h3-4H,1-2H2,(H2,8,10)(H,11,12)/b9-3-. The first kappa shape index (κ1) is 10.5. The van der Waals surface area contributed by atoms with Gasteiger partial charge in [0, 0.05) is 11.8 Å². The van der Waals surface area contributed by atoms with Crippen LogP contribution in [-0.4, -0.2) is 28.9 Å². The first-order valence-corrected chi connectivity index (χ1v) is 4.64. The first-order chi connectivity index (χ1) is 6.68. The van der Waals surface area contributed by atoms with Crippen LogP contribution in [0.3, 0.4) is 0 Å². The van der Waals surface area contributed by atoms with E-state index >= 15 is 0 Å². The number of nitrogens with zero attached hydrogens (tertiary/aromatic N) is 2. The summed E-state index contributed by atoms with van der Waals surface area (Å²) in [5.41, 5.74) is 6.23. The summed E-state index contributed by atoms with van der Waals surface area (Å²) in [7, 11) is 0. The van der Waals surface area contributed by atoms with Crippen LogP contribution in [0.1, 0.15) is 5.69 Å². The zero-order chi connectivity index (χ0) is 10.4. The molecule has 0 aliphatic carbocycles. The molecule has 0 unspecified atom stereocenters. The number of nitrogens with two attached hydrogens (primary N) is 1. The van der Waals surface area contributed by atoms with Gasteiger partial charge in [-0.3, -0.25) is 0 Å². The number of oxime groups is 1. The van der Waals surface area contributed by atoms with E-state index in [0.717, 1.165) is 5.69 Å². The van der Waals surface area contributed by atoms with Gasteiger partial charge in [0.05, 0.1) is 5.69 Å². The molecule has 0 aliphatic rings. The van der Waals surface area contributed by atoms with Crippen molar-refractivity contribution in [2.45, 2.75) is 6.42 Å². The maximum Gasteiger partial charge on any atom is 0.350 e. The van der Waals surface area contributed by atoms with Crippen molar-refractivity contribution in [2.75, 3.05) is 12.3 Å². The molecule has 1 aromatic rings. The van der Waals surface area contributed by atoms with Crippen molar-refractivity contribution in [1.29, 1.82) is 0 Å². The molecule has 0 amide bonds. The summed E-state index contributed by atoms with van der Waals surface area (Å²) in [6, 6.07) is 0. The Morgan fingerprint density at radius 3 is 3.21 bits per heavy atom. The van der Waals surface area contributed by atoms with Crippen LogP contribution in [-0.2, 0) is 16.1 Å². The second-order valence-corrected chi connectivity index (χ2v) is 3.22. The number of hydrogen-bond donors (Lipinski definition) is 2. The summed E-state index contributed by atoms with van der Waals surface area (Å²) >= 11 is 1.35. The fourth-order valence-electron chi connectivity index (χ4n) is 0.723. The van der Waals surface area contributed by atoms with Crippen LogP contribution in [0.2, 0.25) is 0 Å². The van der Waals surface area contributed by atoms with Gasteiger partial charge in [-0.1, -0.05) is 5.16 Å². The molecular formula is C7H9N3O3S. The maximum atomic E-state index is 9.98. The zero-order valence-electron chi connectivity index (χ0n) is 7.21. The molecule has 0 aliphatic heterocycles. The second kappa shape index (κ2) is 5.18. The molecule has 0 fully saturated rings. The van der Waals surface area contributed by atoms with Crippen LogP contribution in [0.25, 0.3) is 0 Å². The lowest BCUT2D eigenvalue weighted by Gasteiger charge is -1.94. The predicted molar refractivity (Wildman–Crippen MR) is 52.3 cm³/mol. The van der Waals surface area contributed by atoms with Gasteiger partial charge in [-0.25, -0.2) is 9.78 Å². The Hall–Kier alpha value is -1.63. The lowest BCUT2D eigenvalue weighted by Crippen LogP contribution is -1.99. The number of carboxylic acid groups (broad SMARTS) is 1. The van der Waals surface area contributed by atoms with Crippen LogP contribution < -0.4 is 5.73 Å². The summed E-state index contributed by atoms with van der Waals surface area (Å²) in [4.78, 5) is 18.6. The van der Waals surface area contributed by atoms with Crippen LogP contribution >= 0.6 is 11.3 Å². The minimum absolute atomic E-state index is 0.285. The molecule has 0 radical (unpaired) electrons. The summed E-state index contributed by atoms with van der Waals surface area (Å²) in [5, 5.41) is 13.7. The largest absolute Gasteiger partial charge is 0.477 e. The monoisotopic (exact) mass is 215 g/mol. The van der Waals surface area contributed by atoms with Crippen molar-refractivity contribution in [3.05, 3.63) is 11.1 Å². The van der Waals surface area contributed by atoms with Crippen molar-refractivity contribution in [3.63, 3.8) is 0 Å². The topological polar surface area (TPSA) is 97.8 Å². The smallest absolute Gasteiger partial charge is 0.350 e. The molecule has 14 heavy (non-hydrogen) atoms. The minimum Gasteiger partial charge on any atom is -0.477 e. The van der Waals surface area contributed by atoms with E-state index in [9.17, 15) is 4.79 Å². The zero-order valence-corrected chi connectivity index (χ0v) is 8.03. The first-order valence-electron chi connectivity index (χ1n) is 3.76. The number of aromatic nitrogens is 1. The molecule has 6 nitrogen and oxygen atoms in total. The highest BCUT2D eigenvalue weighted by Crippen LogP contribution is 2.11. The van der Waals surface area contributed by atoms with E-state index in [-0.39, 0.29) is 6.61 Å². The van der Waals surface area contributed by atoms with Crippen molar-refractivity contribution >= 4 is 28.7 Å². The van der Waals surface area contributed by atoms with Crippen molar-refractivity contribution in [3.8, 4) is 0 Å². The van der Waals surface area contributed by atoms with E-state index in [1.807, 2.05) is 5.38 Å². The molecule has 0 saturated carbocycles. The van der Waals surface area contributed by atoms with Crippen LogP contribution in [0.15, 0.2) is 10.5 Å². The number of aliphatic carboxylic acids is 1. The van der Waals surface area contributed by atoms with Crippen molar-refractivity contribution < 1.29 is 14.7 Å². The summed E-state index contributed by atoms with van der Waals surface area (Å²) in [6.45, 7) is 0.285. The lowest BCUT2D eigenvalue weighted by molar-refractivity contribution is -0.129. The SMILES string of the molecule is Nc1nc(CCO/N=C\C(=O)O)cs1. The molecule has 0 spiro atoms. The third-order valence-electron chi connectivity index (χ3n) is 1.26. The van der Waals surface area contributed by atoms with E-state index in [0.29, 0.717) is 17.8 Å². The van der Waals surface area contributed by atoms with Gasteiger partial charge in [-0.15, -0.1) is 11.3 Å². The van der Waals surface area contributed by atoms with Crippen LogP contribution in [0, 0.1) is 0 Å². The highest BCUT2D eigenvalue weighted by molar-refractivity contribution is 7.13. The van der Waals surface area contributed by atoms with Gasteiger partial charge in [-0.05, 0) is 0 Å². The lowest BCUT2D eigenvalue weighted by atomic mass is 10.4. The average molecular weight is 215 g/mol. The van der Waals surface area contributed by atoms with Gasteiger partial charge < -0.3 is 15.7 Å². The molecule has 0 bridgehead atoms. The third kappa shape index (κ3) is 3.85. The van der Waals surface area contributed by atoms with E-state index in [4.69, 9.17) is 10.8 Å². The predicted octanol–water partition coefficient (Wildman–Crippen LogP) is 0.355. The van der Waals surface area contributed by atoms with Crippen molar-refractivity contribution in [1.82, 2.24) is 4.98 Å². The van der Waals surface area contributed by atoms with E-state index in [1.165, 1.54) is 11.3 Å². The highest BCUT2D eigenvalue weighted by atomic mass is 32.1. The third-order valence-corrected chi connectivity index (χ3v) is 1.98. The molecule has 7 heteroatoms. The quantitative estimate of drug-likeness (QED) is 0.419. The minimum atomic E-state index is -1.14. The molecular weight excluding hydrogens is 206 g/mol. The Balaban J connectivity index is 2.19. The second-order valence-electron chi connectivity index (χ2n) is 2.33. The highest BCUT2D eigenvalue weighted by Gasteiger charge is 1.98. The van der Waals surface area contributed by atoms with E-state index in [2.05, 4.69) is 15.0 Å². The van der Waals surface area contributed by atoms with E-state index in [1.54, 1.807) is 0 Å². The van der Waals surface area contributed by atoms with Gasteiger partial charge >= 0.3 is 5.97 Å². The number of anilines is 1. The van der Waals surface area contributed by atoms with Gasteiger partial charge in [0.1, 0.15) is 6.61 Å². The Morgan fingerprint density at radius 2 is 2.64 bits per heavy atom. The number of carbonyl (C=O) groups is 1. The number of thiazole rings is 1. The number of carboxylic acids is 1. The number of rotatable bonds is 5. The Labute approximate surface area is 84.0 Å². The summed E-state index contributed by atoms with van der Waals surface area (Å²) < 4.78 is 0. The van der Waals surface area contributed by atoms with Gasteiger partial charge in [0.15, 0.2) is 11.3 Å². The van der Waals surface area contributed by atoms with Crippen LogP contribution in [0.4, 0.5) is 5.13 Å². The molecule has 76 valence electrons. The molecule has 1 heterocycles. The molecule has 1 rings (SSSR count). The van der Waals surface area contributed by atoms with Crippen LogP contribution in [0.5, 0.6) is 0 Å². The molecule has 1 aromatic heterocycles. The van der Waals surface area contributed by atoms with Gasteiger partial charge in [0.25, 0.3) is 0 Å². The molecule has 0 saturated heterocycles. The van der Waals surface area contributed by atoms with Gasteiger partial charge in [0.2, 0.25) is 0 Å². The average Bonchev–Trinajstić information content (AvgIpc) is 2.50.